The molecule has 3 amide bonds. The van der Waals surface area contributed by atoms with E-state index in [0.29, 0.717) is 29.9 Å². The van der Waals surface area contributed by atoms with Crippen LogP contribution in [0.3, 0.4) is 0 Å². The van der Waals surface area contributed by atoms with Crippen LogP contribution < -0.4 is 5.32 Å². The topological polar surface area (TPSA) is 123 Å². The number of nitrogens with one attached hydrogen (secondary N) is 1. The molecule has 5 rings (SSSR count). The van der Waals surface area contributed by atoms with Crippen LogP contribution in [0.15, 0.2) is 43.0 Å². The third-order valence-corrected chi connectivity index (χ3v) is 5.09. The zero-order valence-electron chi connectivity index (χ0n) is 15.1. The first kappa shape index (κ1) is 17.2. The second kappa shape index (κ2) is 6.59. The number of aromatic nitrogens is 5. The largest absolute Gasteiger partial charge is 0.322 e. The second-order valence-corrected chi connectivity index (χ2v) is 6.88. The Balaban J connectivity index is 1.41. The van der Waals surface area contributed by atoms with E-state index in [1.165, 1.54) is 4.90 Å². The number of rotatable bonds is 3. The average Bonchev–Trinajstić information content (AvgIpc) is 3.34. The SMILES string of the molecule is O=C1CCC(N2Cc3cc(-n4cc(-c5cnccn5)nn4)ccc3C2=O)C(=O)N1. The number of benzene rings is 1. The number of carbonyl (C=O) groups is 3. The van der Waals surface area contributed by atoms with Gasteiger partial charge < -0.3 is 4.90 Å². The number of fused-ring (bicyclic) bond motifs is 1. The summed E-state index contributed by atoms with van der Waals surface area (Å²) in [5.74, 6) is -0.935. The molecule has 0 spiro atoms. The van der Waals surface area contributed by atoms with Gasteiger partial charge in [0.25, 0.3) is 5.91 Å². The highest BCUT2D eigenvalue weighted by Crippen LogP contribution is 2.29. The van der Waals surface area contributed by atoms with Gasteiger partial charge in [-0.1, -0.05) is 5.21 Å². The molecule has 4 heterocycles. The molecule has 1 aromatic carbocycles. The normalized spacial score (nSPS) is 18.7. The fourth-order valence-electron chi connectivity index (χ4n) is 3.64. The molecule has 1 N–H and O–H groups in total. The number of hydrogen-bond donors (Lipinski definition) is 1. The molecule has 1 unspecified atom stereocenters. The minimum atomic E-state index is -0.634. The third-order valence-electron chi connectivity index (χ3n) is 5.09. The van der Waals surface area contributed by atoms with Gasteiger partial charge in [-0.2, -0.15) is 0 Å². The minimum Gasteiger partial charge on any atom is -0.322 e. The minimum absolute atomic E-state index is 0.208. The van der Waals surface area contributed by atoms with Gasteiger partial charge in [-0.15, -0.1) is 5.10 Å². The van der Waals surface area contributed by atoms with Crippen molar-refractivity contribution in [3.05, 3.63) is 54.1 Å². The van der Waals surface area contributed by atoms with E-state index in [1.54, 1.807) is 41.6 Å². The number of amides is 3. The monoisotopic (exact) mass is 389 g/mol. The number of nitrogens with zero attached hydrogens (tertiary/aromatic N) is 6. The van der Waals surface area contributed by atoms with E-state index in [-0.39, 0.29) is 18.2 Å². The van der Waals surface area contributed by atoms with Crippen LogP contribution in [0.2, 0.25) is 0 Å². The van der Waals surface area contributed by atoms with Crippen molar-refractivity contribution in [2.24, 2.45) is 0 Å². The molecule has 1 atom stereocenters. The molecular formula is C19H15N7O3. The van der Waals surface area contributed by atoms with E-state index in [0.717, 1.165) is 11.3 Å². The maximum atomic E-state index is 12.8. The van der Waals surface area contributed by atoms with Gasteiger partial charge in [0.1, 0.15) is 17.4 Å². The predicted molar refractivity (Wildman–Crippen MR) is 98.4 cm³/mol. The first-order chi connectivity index (χ1) is 14.1. The lowest BCUT2D eigenvalue weighted by atomic mass is 10.0. The van der Waals surface area contributed by atoms with Gasteiger partial charge in [0.2, 0.25) is 11.8 Å². The summed E-state index contributed by atoms with van der Waals surface area (Å²) in [4.78, 5) is 46.1. The molecule has 3 aromatic rings. The van der Waals surface area contributed by atoms with Crippen LogP contribution in [-0.4, -0.2) is 53.6 Å². The molecule has 0 radical (unpaired) electrons. The number of carbonyl (C=O) groups excluding carboxylic acids is 3. The zero-order valence-corrected chi connectivity index (χ0v) is 15.1. The standard InChI is InChI=1S/C19H15N7O3/c27-17-4-3-16(18(28)22-17)25-9-11-7-12(1-2-13(11)19(25)29)26-10-15(23-24-26)14-8-20-5-6-21-14/h1-2,5-8,10,16H,3-4,9H2,(H,22,27,28). The summed E-state index contributed by atoms with van der Waals surface area (Å²) in [6, 6.07) is 4.72. The van der Waals surface area contributed by atoms with Gasteiger partial charge in [-0.25, -0.2) is 4.68 Å². The van der Waals surface area contributed by atoms with Crippen molar-refractivity contribution in [3.8, 4) is 17.1 Å². The van der Waals surface area contributed by atoms with Crippen molar-refractivity contribution >= 4 is 17.7 Å². The van der Waals surface area contributed by atoms with Crippen molar-refractivity contribution < 1.29 is 14.4 Å². The molecule has 2 aliphatic heterocycles. The van der Waals surface area contributed by atoms with Crippen LogP contribution in [0, 0.1) is 0 Å². The van der Waals surface area contributed by atoms with Crippen LogP contribution >= 0.6 is 0 Å². The molecule has 0 bridgehead atoms. The number of imide groups is 1. The third kappa shape index (κ3) is 2.94. The fourth-order valence-corrected chi connectivity index (χ4v) is 3.64. The second-order valence-electron chi connectivity index (χ2n) is 6.88. The van der Waals surface area contributed by atoms with E-state index in [1.807, 2.05) is 6.07 Å². The summed E-state index contributed by atoms with van der Waals surface area (Å²) in [6.07, 6.45) is 7.07. The van der Waals surface area contributed by atoms with E-state index in [4.69, 9.17) is 0 Å². The maximum absolute atomic E-state index is 12.8. The first-order valence-electron chi connectivity index (χ1n) is 9.07. The van der Waals surface area contributed by atoms with Crippen LogP contribution in [-0.2, 0) is 16.1 Å². The lowest BCUT2D eigenvalue weighted by Gasteiger charge is -2.29. The molecular weight excluding hydrogens is 374 g/mol. The van der Waals surface area contributed by atoms with Gasteiger partial charge in [0.15, 0.2) is 0 Å². The summed E-state index contributed by atoms with van der Waals surface area (Å²) in [5.41, 5.74) is 3.28. The van der Waals surface area contributed by atoms with Gasteiger partial charge in [-0.05, 0) is 30.2 Å². The highest BCUT2D eigenvalue weighted by molar-refractivity contribution is 6.05. The molecule has 0 saturated carbocycles. The highest BCUT2D eigenvalue weighted by Gasteiger charge is 2.39. The molecule has 29 heavy (non-hydrogen) atoms. The number of piperidine rings is 1. The smallest absolute Gasteiger partial charge is 0.255 e. The zero-order chi connectivity index (χ0) is 20.0. The predicted octanol–water partition coefficient (Wildman–Crippen LogP) is 0.485. The van der Waals surface area contributed by atoms with Gasteiger partial charge in [0.05, 0.1) is 18.1 Å². The van der Waals surface area contributed by atoms with Crippen LogP contribution in [0.25, 0.3) is 17.1 Å². The first-order valence-corrected chi connectivity index (χ1v) is 9.07. The van der Waals surface area contributed by atoms with E-state index < -0.39 is 11.9 Å². The van der Waals surface area contributed by atoms with Crippen molar-refractivity contribution in [3.63, 3.8) is 0 Å². The molecule has 144 valence electrons. The molecule has 1 saturated heterocycles. The maximum Gasteiger partial charge on any atom is 0.255 e. The van der Waals surface area contributed by atoms with Crippen LogP contribution in [0.5, 0.6) is 0 Å². The van der Waals surface area contributed by atoms with Gasteiger partial charge >= 0.3 is 0 Å². The van der Waals surface area contributed by atoms with Gasteiger partial charge in [-0.3, -0.25) is 29.7 Å². The Hall–Kier alpha value is -3.95. The number of hydrogen-bond acceptors (Lipinski definition) is 7. The molecule has 10 heteroatoms. The summed E-state index contributed by atoms with van der Waals surface area (Å²) in [5, 5.41) is 10.6. The Labute approximate surface area is 164 Å². The van der Waals surface area contributed by atoms with Crippen molar-refractivity contribution in [2.45, 2.75) is 25.4 Å². The lowest BCUT2D eigenvalue weighted by Crippen LogP contribution is -2.52. The Morgan fingerprint density at radius 2 is 2.00 bits per heavy atom. The summed E-state index contributed by atoms with van der Waals surface area (Å²) in [6.45, 7) is 0.306. The van der Waals surface area contributed by atoms with E-state index in [9.17, 15) is 14.4 Å². The summed E-state index contributed by atoms with van der Waals surface area (Å²) >= 11 is 0. The van der Waals surface area contributed by atoms with Crippen molar-refractivity contribution in [1.29, 1.82) is 0 Å². The summed E-state index contributed by atoms with van der Waals surface area (Å²) < 4.78 is 1.60. The molecule has 10 nitrogen and oxygen atoms in total. The van der Waals surface area contributed by atoms with Crippen molar-refractivity contribution in [1.82, 2.24) is 35.2 Å². The Morgan fingerprint density at radius 3 is 2.79 bits per heavy atom. The quantitative estimate of drug-likeness (QED) is 0.647. The van der Waals surface area contributed by atoms with Crippen LogP contribution in [0.1, 0.15) is 28.8 Å². The Morgan fingerprint density at radius 1 is 1.10 bits per heavy atom. The summed E-state index contributed by atoms with van der Waals surface area (Å²) in [7, 11) is 0. The lowest BCUT2D eigenvalue weighted by molar-refractivity contribution is -0.136. The van der Waals surface area contributed by atoms with E-state index >= 15 is 0 Å². The van der Waals surface area contributed by atoms with Crippen molar-refractivity contribution in [2.75, 3.05) is 0 Å². The Bertz CT molecular complexity index is 1140. The fraction of sp³-hybridized carbons (Fsp3) is 0.211. The molecule has 0 aliphatic carbocycles. The average molecular weight is 389 g/mol. The molecule has 2 aromatic heterocycles. The highest BCUT2D eigenvalue weighted by atomic mass is 16.2. The molecule has 2 aliphatic rings. The van der Waals surface area contributed by atoms with E-state index in [2.05, 4.69) is 25.6 Å². The van der Waals surface area contributed by atoms with Gasteiger partial charge in [0, 0.05) is 30.9 Å². The molecule has 1 fully saturated rings. The Kier molecular flexibility index (Phi) is 3.90. The van der Waals surface area contributed by atoms with Crippen LogP contribution in [0.4, 0.5) is 0 Å².